The molecule has 0 fully saturated rings. The van der Waals surface area contributed by atoms with E-state index in [4.69, 9.17) is 9.97 Å². The molecule has 6 nitrogen and oxygen atoms in total. The number of hydrogen-bond acceptors (Lipinski definition) is 4. The Labute approximate surface area is 380 Å². The molecule has 0 saturated heterocycles. The van der Waals surface area contributed by atoms with Crippen LogP contribution in [0.25, 0.3) is 111 Å². The van der Waals surface area contributed by atoms with Gasteiger partial charge in [-0.3, -0.25) is 0 Å². The average Bonchev–Trinajstić information content (AvgIpc) is 3.91. The van der Waals surface area contributed by atoms with Gasteiger partial charge in [-0.15, -0.1) is 0 Å². The van der Waals surface area contributed by atoms with Crippen molar-refractivity contribution < 1.29 is 0 Å². The van der Waals surface area contributed by atoms with E-state index in [1.165, 1.54) is 38.1 Å². The van der Waals surface area contributed by atoms with Crippen molar-refractivity contribution in [2.24, 2.45) is 0 Å². The summed E-state index contributed by atoms with van der Waals surface area (Å²) < 4.78 is 4.76. The van der Waals surface area contributed by atoms with E-state index in [2.05, 4.69) is 185 Å². The Morgan fingerprint density at radius 1 is 0.318 bits per heavy atom. The van der Waals surface area contributed by atoms with Crippen LogP contribution < -0.4 is 0 Å². The molecule has 0 N–H and O–H groups in total. The van der Waals surface area contributed by atoms with Crippen LogP contribution >= 0.6 is 0 Å². The van der Waals surface area contributed by atoms with E-state index < -0.39 is 0 Å². The summed E-state index contributed by atoms with van der Waals surface area (Å²) in [4.78, 5) is 9.81. The quantitative estimate of drug-likeness (QED) is 0.160. The molecule has 0 saturated carbocycles. The van der Waals surface area contributed by atoms with Crippen molar-refractivity contribution in [1.82, 2.24) is 19.1 Å². The van der Waals surface area contributed by atoms with Gasteiger partial charge in [0.2, 0.25) is 0 Å². The van der Waals surface area contributed by atoms with Gasteiger partial charge in [-0.2, -0.15) is 10.5 Å². The van der Waals surface area contributed by atoms with Crippen molar-refractivity contribution in [3.8, 4) is 79.7 Å². The third kappa shape index (κ3) is 6.41. The maximum atomic E-state index is 9.90. The molecule has 9 aromatic carbocycles. The predicted octanol–water partition coefficient (Wildman–Crippen LogP) is 14.7. The average molecular weight is 841 g/mol. The lowest BCUT2D eigenvalue weighted by molar-refractivity contribution is 1.17. The van der Waals surface area contributed by atoms with Crippen LogP contribution in [0, 0.1) is 22.7 Å². The molecule has 306 valence electrons. The summed E-state index contributed by atoms with van der Waals surface area (Å²) in [5.74, 6) is 0.431. The number of nitriles is 2. The second-order valence-corrected chi connectivity index (χ2v) is 16.4. The SMILES string of the molecule is N#Cc1ccccc1-c1cc(-c2ccc(-c3ccc(-c4ccc(-n5c6ccccc6c6cc(-n7c8ccccc8c8ccccc87)ccc65)cc4)cc3)cc2)nc(-c2ccccc2C#N)n1. The molecule has 3 heterocycles. The van der Waals surface area contributed by atoms with Crippen LogP contribution in [0.4, 0.5) is 0 Å². The van der Waals surface area contributed by atoms with Gasteiger partial charge in [-0.1, -0.05) is 146 Å². The number of fused-ring (bicyclic) bond motifs is 6. The summed E-state index contributed by atoms with van der Waals surface area (Å²) in [6, 6.07) is 79.9. The van der Waals surface area contributed by atoms with E-state index in [1.54, 1.807) is 12.1 Å². The summed E-state index contributed by atoms with van der Waals surface area (Å²) in [7, 11) is 0. The lowest BCUT2D eigenvalue weighted by atomic mass is 9.98. The highest BCUT2D eigenvalue weighted by Gasteiger charge is 2.18. The largest absolute Gasteiger partial charge is 0.309 e. The first-order valence-corrected chi connectivity index (χ1v) is 21.8. The van der Waals surface area contributed by atoms with Gasteiger partial charge in [0.15, 0.2) is 5.82 Å². The number of hydrogen-bond donors (Lipinski definition) is 0. The maximum Gasteiger partial charge on any atom is 0.161 e. The van der Waals surface area contributed by atoms with Crippen molar-refractivity contribution in [1.29, 1.82) is 10.5 Å². The Morgan fingerprint density at radius 3 is 1.27 bits per heavy atom. The number of rotatable bonds is 7. The fraction of sp³-hybridized carbons (Fsp3) is 0. The minimum atomic E-state index is 0.431. The molecular formula is C60H36N6. The van der Waals surface area contributed by atoms with Crippen molar-refractivity contribution in [3.05, 3.63) is 230 Å². The fourth-order valence-electron chi connectivity index (χ4n) is 9.50. The van der Waals surface area contributed by atoms with Crippen LogP contribution in [0.1, 0.15) is 11.1 Å². The molecule has 12 aromatic rings. The molecule has 3 aromatic heterocycles. The van der Waals surface area contributed by atoms with Gasteiger partial charge in [-0.25, -0.2) is 9.97 Å². The lowest BCUT2D eigenvalue weighted by Gasteiger charge is -2.12. The third-order valence-corrected chi connectivity index (χ3v) is 12.7. The molecule has 0 amide bonds. The zero-order valence-corrected chi connectivity index (χ0v) is 35.5. The van der Waals surface area contributed by atoms with Gasteiger partial charge < -0.3 is 9.13 Å². The van der Waals surface area contributed by atoms with Crippen LogP contribution in [0.15, 0.2) is 218 Å². The minimum Gasteiger partial charge on any atom is -0.309 e. The molecule has 66 heavy (non-hydrogen) atoms. The topological polar surface area (TPSA) is 83.2 Å². The predicted molar refractivity (Wildman–Crippen MR) is 267 cm³/mol. The Bertz CT molecular complexity index is 3810. The summed E-state index contributed by atoms with van der Waals surface area (Å²) in [5.41, 5.74) is 16.0. The molecule has 0 aliphatic heterocycles. The van der Waals surface area contributed by atoms with Crippen LogP contribution in [-0.2, 0) is 0 Å². The highest BCUT2D eigenvalue weighted by atomic mass is 15.0. The first-order valence-electron chi connectivity index (χ1n) is 21.8. The Kier molecular flexibility index (Phi) is 9.16. The van der Waals surface area contributed by atoms with Crippen molar-refractivity contribution in [2.75, 3.05) is 0 Å². The fourth-order valence-corrected chi connectivity index (χ4v) is 9.50. The Morgan fingerprint density at radius 2 is 0.712 bits per heavy atom. The third-order valence-electron chi connectivity index (χ3n) is 12.7. The van der Waals surface area contributed by atoms with E-state index in [1.807, 2.05) is 42.5 Å². The molecule has 0 aliphatic rings. The first kappa shape index (κ1) is 38.3. The van der Waals surface area contributed by atoms with Crippen LogP contribution in [0.5, 0.6) is 0 Å². The molecule has 0 atom stereocenters. The van der Waals surface area contributed by atoms with Crippen LogP contribution in [0.2, 0.25) is 0 Å². The highest BCUT2D eigenvalue weighted by Crippen LogP contribution is 2.38. The van der Waals surface area contributed by atoms with Gasteiger partial charge >= 0.3 is 0 Å². The Hall–Kier alpha value is -9.36. The second kappa shape index (κ2) is 15.8. The zero-order chi connectivity index (χ0) is 44.1. The summed E-state index contributed by atoms with van der Waals surface area (Å²) in [6.07, 6.45) is 0. The van der Waals surface area contributed by atoms with Crippen molar-refractivity contribution in [3.63, 3.8) is 0 Å². The van der Waals surface area contributed by atoms with E-state index in [-0.39, 0.29) is 0 Å². The molecular weight excluding hydrogens is 805 g/mol. The van der Waals surface area contributed by atoms with Gasteiger partial charge in [-0.05, 0) is 95.1 Å². The van der Waals surface area contributed by atoms with Crippen molar-refractivity contribution >= 4 is 43.6 Å². The summed E-state index contributed by atoms with van der Waals surface area (Å²) in [6.45, 7) is 0. The van der Waals surface area contributed by atoms with Crippen LogP contribution in [-0.4, -0.2) is 19.1 Å². The molecule has 0 unspecified atom stereocenters. The smallest absolute Gasteiger partial charge is 0.161 e. The summed E-state index contributed by atoms with van der Waals surface area (Å²) in [5, 5.41) is 24.7. The number of aromatic nitrogens is 4. The van der Waals surface area contributed by atoms with E-state index >= 15 is 0 Å². The molecule has 6 heteroatoms. The highest BCUT2D eigenvalue weighted by molar-refractivity contribution is 6.12. The molecule has 0 radical (unpaired) electrons. The summed E-state index contributed by atoms with van der Waals surface area (Å²) >= 11 is 0. The van der Waals surface area contributed by atoms with E-state index in [0.29, 0.717) is 39.5 Å². The minimum absolute atomic E-state index is 0.431. The van der Waals surface area contributed by atoms with Gasteiger partial charge in [0.25, 0.3) is 0 Å². The molecule has 12 rings (SSSR count). The van der Waals surface area contributed by atoms with Gasteiger partial charge in [0, 0.05) is 49.6 Å². The van der Waals surface area contributed by atoms with Gasteiger partial charge in [0.05, 0.1) is 56.7 Å². The van der Waals surface area contributed by atoms with E-state index in [0.717, 1.165) is 44.7 Å². The maximum absolute atomic E-state index is 9.90. The zero-order valence-electron chi connectivity index (χ0n) is 35.5. The molecule has 0 aliphatic carbocycles. The standard InChI is InChI=1S/C60H36N6/c61-37-44-11-1-3-13-48(44)55-36-54(63-60(64-55)49-14-4-2-12-45(49)38-62)43-27-25-41(26-28-43)39-21-23-40(24-22-39)42-29-31-46(32-30-42)65-58-20-10-7-17-52(58)53-35-47(33-34-59(53)65)66-56-18-8-5-15-50(56)51-16-6-9-19-57(51)66/h1-36H. The van der Waals surface area contributed by atoms with E-state index in [9.17, 15) is 10.5 Å². The Balaban J connectivity index is 0.842. The first-order chi connectivity index (χ1) is 32.6. The molecule has 0 spiro atoms. The van der Waals surface area contributed by atoms with Crippen LogP contribution in [0.3, 0.4) is 0 Å². The number of benzene rings is 9. The normalized spacial score (nSPS) is 11.3. The molecule has 0 bridgehead atoms. The number of nitrogens with zero attached hydrogens (tertiary/aromatic N) is 6. The lowest BCUT2D eigenvalue weighted by Crippen LogP contribution is -1.98. The van der Waals surface area contributed by atoms with Crippen molar-refractivity contribution in [2.45, 2.75) is 0 Å². The van der Waals surface area contributed by atoms with Gasteiger partial charge in [0.1, 0.15) is 0 Å². The monoisotopic (exact) mass is 840 g/mol. The number of para-hydroxylation sites is 3. The second-order valence-electron chi connectivity index (χ2n) is 16.4.